The number of rotatable bonds is 6. The van der Waals surface area contributed by atoms with Crippen LogP contribution in [0.5, 0.6) is 11.5 Å². The second-order valence-corrected chi connectivity index (χ2v) is 28.8. The second-order valence-electron chi connectivity index (χ2n) is 24.4. The van der Waals surface area contributed by atoms with E-state index < -0.39 is 8.07 Å². The van der Waals surface area contributed by atoms with Crippen LogP contribution in [0.25, 0.3) is 44.1 Å². The van der Waals surface area contributed by atoms with Gasteiger partial charge in [-0.2, -0.15) is 11.3 Å². The van der Waals surface area contributed by atoms with Crippen LogP contribution in [0.15, 0.2) is 152 Å². The topological polar surface area (TPSA) is 44.4 Å². The molecule has 0 unspecified atom stereocenters. The number of fused-ring (bicyclic) bond motifs is 1. The van der Waals surface area contributed by atoms with Crippen molar-refractivity contribution in [1.29, 1.82) is 0 Å². The molecule has 0 aliphatic carbocycles. The minimum Gasteiger partial charge on any atom is -0.509 e. The van der Waals surface area contributed by atoms with Gasteiger partial charge in [-0.25, -0.2) is 0 Å². The first-order valence-electron chi connectivity index (χ1n) is 25.5. The van der Waals surface area contributed by atoms with Crippen molar-refractivity contribution in [1.82, 2.24) is 9.97 Å². The molecule has 9 aromatic rings. The number of aromatic nitrogens is 2. The summed E-state index contributed by atoms with van der Waals surface area (Å²) in [5, 5.41) is 5.55. The Bertz CT molecular complexity index is 3460. The molecule has 5 nitrogen and oxygen atoms in total. The molecule has 0 saturated carbocycles. The third-order valence-corrected chi connectivity index (χ3v) is 18.2. The number of para-hydroxylation sites is 2. The predicted octanol–water partition coefficient (Wildman–Crippen LogP) is 16.9. The molecule has 4 heterocycles. The van der Waals surface area contributed by atoms with E-state index in [1.54, 1.807) is 0 Å². The monoisotopic (exact) mass is 1160 g/mol. The summed E-state index contributed by atoms with van der Waals surface area (Å²) in [5.41, 5.74) is 16.6. The predicted molar refractivity (Wildman–Crippen MR) is 308 cm³/mol. The molecule has 0 spiro atoms. The van der Waals surface area contributed by atoms with Gasteiger partial charge in [-0.1, -0.05) is 180 Å². The van der Waals surface area contributed by atoms with E-state index in [1.807, 2.05) is 18.5 Å². The van der Waals surface area contributed by atoms with Crippen LogP contribution < -0.4 is 24.9 Å². The molecule has 2 aromatic heterocycles. The molecule has 0 saturated heterocycles. The van der Waals surface area contributed by atoms with Crippen LogP contribution in [-0.4, -0.2) is 18.0 Å². The van der Waals surface area contributed by atoms with E-state index in [4.69, 9.17) is 4.74 Å². The Morgan fingerprint density at radius 1 is 0.507 bits per heavy atom. The Labute approximate surface area is 450 Å². The summed E-state index contributed by atoms with van der Waals surface area (Å²) >= 11 is 0. The summed E-state index contributed by atoms with van der Waals surface area (Å²) in [7, 11) is -1.90. The van der Waals surface area contributed by atoms with Gasteiger partial charge in [-0.15, -0.1) is 48.1 Å². The summed E-state index contributed by atoms with van der Waals surface area (Å²) in [4.78, 5) is 12.3. The average molecular weight is 1160 g/mol. The number of ether oxygens (including phenoxy) is 1. The fourth-order valence-electron chi connectivity index (χ4n) is 10.3. The molecule has 0 amide bonds. The largest absolute Gasteiger partial charge is 0.509 e. The van der Waals surface area contributed by atoms with Crippen molar-refractivity contribution in [2.75, 3.05) is 9.80 Å². The second kappa shape index (κ2) is 18.9. The first-order valence-corrected chi connectivity index (χ1v) is 28.5. The van der Waals surface area contributed by atoms with E-state index in [1.165, 1.54) is 71.2 Å². The van der Waals surface area contributed by atoms with E-state index in [9.17, 15) is 0 Å². The number of hydrogen-bond acceptors (Lipinski definition) is 4. The first kappa shape index (κ1) is 51.7. The van der Waals surface area contributed by atoms with Crippen molar-refractivity contribution in [3.8, 4) is 33.8 Å². The quantitative estimate of drug-likeness (QED) is 0.133. The molecule has 73 heavy (non-hydrogen) atoms. The summed E-state index contributed by atoms with van der Waals surface area (Å²) in [5.74, 6) is 1.36. The van der Waals surface area contributed by atoms with Gasteiger partial charge in [0.05, 0.1) is 8.07 Å². The van der Waals surface area contributed by atoms with E-state index >= 15 is 0 Å². The molecule has 11 rings (SSSR count). The van der Waals surface area contributed by atoms with Gasteiger partial charge in [0.25, 0.3) is 0 Å². The normalized spacial score (nSPS) is 14.1. The van der Waals surface area contributed by atoms with Crippen LogP contribution >= 0.6 is 0 Å². The van der Waals surface area contributed by atoms with Crippen LogP contribution in [0.3, 0.4) is 0 Å². The van der Waals surface area contributed by atoms with Crippen molar-refractivity contribution in [2.45, 2.75) is 118 Å². The average Bonchev–Trinajstić information content (AvgIpc) is 3.98. The molecule has 1 N–H and O–H groups in total. The Kier molecular flexibility index (Phi) is 13.4. The number of benzene rings is 7. The van der Waals surface area contributed by atoms with Gasteiger partial charge in [0.1, 0.15) is 0 Å². The van der Waals surface area contributed by atoms with Gasteiger partial charge in [-0.05, 0) is 103 Å². The Morgan fingerprint density at radius 2 is 1.07 bits per heavy atom. The van der Waals surface area contributed by atoms with Crippen molar-refractivity contribution in [3.05, 3.63) is 193 Å². The van der Waals surface area contributed by atoms with Crippen LogP contribution in [-0.2, 0) is 42.7 Å². The Hall–Kier alpha value is -6.20. The Balaban J connectivity index is 0.000000536. The maximum Gasteiger partial charge on any atom is 0.0875 e. The standard InChI is InChI=1S/C57H56N3OSi.C9H13N.Pt/c1-55(2,3)38-27-37(28-39(29-38)56(4,5)6)45-31-40(57(7,8)9)30-44(36-19-13-12-14-20-36)54(45)60-35-59(48-24-15-16-25-49(48)60)41-21-17-22-42(32-41)61-43-33-47-53-51(34-43)62(10,11)50-26-18-23-46(58-47)52(50)53;1-9(2,3)8-4-6-10-7-5-8;/h12-31,34-35,58H,1-11H3;4-7H,1-3H3;/q-3;;. The summed E-state index contributed by atoms with van der Waals surface area (Å²) in [6, 6.07) is 58.2. The molecule has 7 heteroatoms. The zero-order chi connectivity index (χ0) is 51.1. The summed E-state index contributed by atoms with van der Waals surface area (Å²) in [6.45, 7) is 34.6. The number of anilines is 4. The van der Waals surface area contributed by atoms with Crippen LogP contribution in [0, 0.1) is 18.8 Å². The van der Waals surface area contributed by atoms with Gasteiger partial charge < -0.3 is 19.5 Å². The zero-order valence-electron chi connectivity index (χ0n) is 45.1. The number of H-pyrrole nitrogens is 1. The van der Waals surface area contributed by atoms with Crippen LogP contribution in [0.4, 0.5) is 22.7 Å². The van der Waals surface area contributed by atoms with E-state index in [-0.39, 0.29) is 42.7 Å². The SMILES string of the molecule is CC(C)(C)c1cc(-c2cc(C(C)(C)C)cc(-c3ccccc3)c2N2[CH-]N(c3[c-]c(Oc4[c-]c5[nH]c6cccc7c6c5c(c4)[Si]7(C)C)ccc3)c3ccccc32)cc(C(C)(C)C)c1.CC(C)(C)c1ccncc1.[Pt]. The third-order valence-electron chi connectivity index (χ3n) is 14.7. The molecule has 2 aliphatic rings. The van der Waals surface area contributed by atoms with Crippen molar-refractivity contribution < 1.29 is 25.8 Å². The Morgan fingerprint density at radius 3 is 1.67 bits per heavy atom. The van der Waals surface area contributed by atoms with Gasteiger partial charge in [0.2, 0.25) is 0 Å². The van der Waals surface area contributed by atoms with E-state index in [0.29, 0.717) is 11.5 Å². The maximum atomic E-state index is 6.72. The molecule has 376 valence electrons. The van der Waals surface area contributed by atoms with Crippen LogP contribution in [0.2, 0.25) is 13.1 Å². The van der Waals surface area contributed by atoms with Gasteiger partial charge in [0, 0.05) is 78.7 Å². The summed E-state index contributed by atoms with van der Waals surface area (Å²) in [6.07, 6.45) is 3.67. The maximum absolute atomic E-state index is 6.72. The fourth-order valence-corrected chi connectivity index (χ4v) is 13.4. The number of pyridine rings is 1. The van der Waals surface area contributed by atoms with Gasteiger partial charge in [-0.3, -0.25) is 4.98 Å². The molecule has 0 radical (unpaired) electrons. The van der Waals surface area contributed by atoms with Gasteiger partial charge >= 0.3 is 0 Å². The number of nitrogens with one attached hydrogen (secondary N) is 1. The van der Waals surface area contributed by atoms with Crippen molar-refractivity contribution in [2.24, 2.45) is 0 Å². The third kappa shape index (κ3) is 9.86. The van der Waals surface area contributed by atoms with Crippen molar-refractivity contribution >= 4 is 63.0 Å². The first-order chi connectivity index (χ1) is 34.0. The van der Waals surface area contributed by atoms with Crippen molar-refractivity contribution in [3.63, 3.8) is 0 Å². The molecule has 2 aliphatic heterocycles. The molecule has 0 bridgehead atoms. The van der Waals surface area contributed by atoms with Gasteiger partial charge in [0.15, 0.2) is 0 Å². The summed E-state index contributed by atoms with van der Waals surface area (Å²) < 4.78 is 6.72. The van der Waals surface area contributed by atoms with E-state index in [0.717, 1.165) is 28.3 Å². The van der Waals surface area contributed by atoms with E-state index in [2.05, 4.69) is 268 Å². The number of nitrogens with zero attached hydrogens (tertiary/aromatic N) is 3. The fraction of sp³-hybridized carbons (Fsp3) is 0.273. The minimum atomic E-state index is -1.90. The van der Waals surface area contributed by atoms with Crippen LogP contribution in [0.1, 0.15) is 105 Å². The number of aromatic amines is 1. The molecule has 7 aromatic carbocycles. The number of hydrogen-bond donors (Lipinski definition) is 1. The molecular weight excluding hydrogens is 1090 g/mol. The molecular formula is C66H69N4OPtSi-3. The zero-order valence-corrected chi connectivity index (χ0v) is 48.3. The smallest absolute Gasteiger partial charge is 0.0875 e. The molecule has 0 atom stereocenters. The molecule has 0 fully saturated rings. The minimum absolute atomic E-state index is 0.